The predicted molar refractivity (Wildman–Crippen MR) is 127 cm³/mol. The number of halogens is 1. The summed E-state index contributed by atoms with van der Waals surface area (Å²) in [4.78, 5) is 27.3. The Morgan fingerprint density at radius 3 is 2.73 bits per heavy atom. The van der Waals surface area contributed by atoms with Crippen molar-refractivity contribution in [1.29, 1.82) is 0 Å². The second-order valence-corrected chi connectivity index (χ2v) is 8.70. The number of aromatic nitrogens is 2. The summed E-state index contributed by atoms with van der Waals surface area (Å²) in [5.41, 5.74) is 1.07. The summed E-state index contributed by atoms with van der Waals surface area (Å²) in [5.74, 6) is 0.746. The predicted octanol–water partition coefficient (Wildman–Crippen LogP) is 4.83. The Labute approximate surface area is 199 Å². The first-order chi connectivity index (χ1) is 16.0. The summed E-state index contributed by atoms with van der Waals surface area (Å²) in [7, 11) is 3.09. The number of amides is 3. The van der Waals surface area contributed by atoms with Crippen molar-refractivity contribution in [2.75, 3.05) is 31.4 Å². The minimum atomic E-state index is -0.379. The number of methoxy groups -OCH3 is 2. The van der Waals surface area contributed by atoms with E-state index in [1.807, 2.05) is 0 Å². The van der Waals surface area contributed by atoms with Crippen LogP contribution in [0.15, 0.2) is 42.5 Å². The van der Waals surface area contributed by atoms with Crippen molar-refractivity contribution < 1.29 is 19.1 Å². The fraction of sp³-hybridized carbons (Fsp3) is 0.273. The number of carbonyl (C=O) groups excluding carboxylic acids is 2. The van der Waals surface area contributed by atoms with Gasteiger partial charge >= 0.3 is 6.03 Å². The summed E-state index contributed by atoms with van der Waals surface area (Å²) >= 11 is 7.14. The molecule has 33 heavy (non-hydrogen) atoms. The summed E-state index contributed by atoms with van der Waals surface area (Å²) in [6.07, 6.45) is 1.55. The van der Waals surface area contributed by atoms with Crippen molar-refractivity contribution in [3.63, 3.8) is 0 Å². The zero-order valence-corrected chi connectivity index (χ0v) is 19.6. The molecule has 0 radical (unpaired) electrons. The number of nitrogens with one attached hydrogen (secondary N) is 2. The van der Waals surface area contributed by atoms with Crippen LogP contribution in [0.25, 0.3) is 0 Å². The van der Waals surface area contributed by atoms with Gasteiger partial charge < -0.3 is 25.0 Å². The molecule has 2 N–H and O–H groups in total. The summed E-state index contributed by atoms with van der Waals surface area (Å²) in [6, 6.07) is 11.5. The lowest BCUT2D eigenvalue weighted by molar-refractivity contribution is 0.102. The van der Waals surface area contributed by atoms with E-state index < -0.39 is 0 Å². The average molecular weight is 488 g/mol. The van der Waals surface area contributed by atoms with Crippen LogP contribution in [0.1, 0.15) is 33.7 Å². The highest BCUT2D eigenvalue weighted by atomic mass is 35.5. The molecule has 1 aliphatic heterocycles. The molecule has 0 aliphatic carbocycles. The lowest BCUT2D eigenvalue weighted by Crippen LogP contribution is -2.34. The molecule has 1 saturated heterocycles. The van der Waals surface area contributed by atoms with Gasteiger partial charge in [-0.3, -0.25) is 4.79 Å². The SMILES string of the molecule is COc1ccc(OC)c(NC(=O)N2CCCC2c2nnc(C(=O)Nc3cccc(Cl)c3)s2)c1. The molecule has 1 atom stereocenters. The number of urea groups is 1. The van der Waals surface area contributed by atoms with Gasteiger partial charge in [0.15, 0.2) is 0 Å². The molecule has 3 aromatic rings. The quantitative estimate of drug-likeness (QED) is 0.516. The van der Waals surface area contributed by atoms with Gasteiger partial charge in [-0.2, -0.15) is 0 Å². The fourth-order valence-electron chi connectivity index (χ4n) is 3.58. The first kappa shape index (κ1) is 22.8. The van der Waals surface area contributed by atoms with Gasteiger partial charge in [-0.15, -0.1) is 10.2 Å². The first-order valence-electron chi connectivity index (χ1n) is 10.2. The molecule has 2 aromatic carbocycles. The molecule has 1 aliphatic rings. The Hall–Kier alpha value is -3.37. The highest BCUT2D eigenvalue weighted by Gasteiger charge is 2.33. The normalized spacial score (nSPS) is 15.2. The topological polar surface area (TPSA) is 106 Å². The molecule has 11 heteroatoms. The number of hydrogen-bond acceptors (Lipinski definition) is 7. The molecule has 0 spiro atoms. The number of anilines is 2. The van der Waals surface area contributed by atoms with Gasteiger partial charge in [-0.05, 0) is 43.2 Å². The zero-order chi connectivity index (χ0) is 23.4. The van der Waals surface area contributed by atoms with Gasteiger partial charge in [-0.25, -0.2) is 4.79 Å². The zero-order valence-electron chi connectivity index (χ0n) is 18.0. The van der Waals surface area contributed by atoms with Crippen molar-refractivity contribution in [2.24, 2.45) is 0 Å². The molecule has 1 aromatic heterocycles. The maximum absolute atomic E-state index is 13.1. The minimum absolute atomic E-state index is 0.215. The lowest BCUT2D eigenvalue weighted by atomic mass is 10.2. The van der Waals surface area contributed by atoms with E-state index in [1.54, 1.807) is 54.5 Å². The van der Waals surface area contributed by atoms with Crippen LogP contribution in [0.2, 0.25) is 5.02 Å². The molecule has 9 nitrogen and oxygen atoms in total. The number of hydrogen-bond donors (Lipinski definition) is 2. The van der Waals surface area contributed by atoms with Gasteiger partial charge in [0.25, 0.3) is 5.91 Å². The number of benzene rings is 2. The smallest absolute Gasteiger partial charge is 0.322 e. The Morgan fingerprint density at radius 1 is 1.12 bits per heavy atom. The third-order valence-corrected chi connectivity index (χ3v) is 6.42. The second-order valence-electron chi connectivity index (χ2n) is 7.26. The van der Waals surface area contributed by atoms with E-state index in [2.05, 4.69) is 20.8 Å². The van der Waals surface area contributed by atoms with Crippen molar-refractivity contribution in [3.8, 4) is 11.5 Å². The van der Waals surface area contributed by atoms with Crippen LogP contribution < -0.4 is 20.1 Å². The minimum Gasteiger partial charge on any atom is -0.497 e. The van der Waals surface area contributed by atoms with Crippen LogP contribution in [-0.2, 0) is 0 Å². The Morgan fingerprint density at radius 2 is 1.97 bits per heavy atom. The average Bonchev–Trinajstić information content (AvgIpc) is 3.48. The molecule has 172 valence electrons. The molecule has 0 saturated carbocycles. The molecule has 2 heterocycles. The molecule has 0 bridgehead atoms. The number of ether oxygens (including phenoxy) is 2. The van der Waals surface area contributed by atoms with E-state index in [1.165, 1.54) is 18.4 Å². The van der Waals surface area contributed by atoms with Crippen molar-refractivity contribution in [3.05, 3.63) is 57.5 Å². The van der Waals surface area contributed by atoms with Gasteiger partial charge in [0, 0.05) is 23.3 Å². The van der Waals surface area contributed by atoms with Crippen molar-refractivity contribution >= 4 is 46.3 Å². The van der Waals surface area contributed by atoms with Crippen molar-refractivity contribution in [2.45, 2.75) is 18.9 Å². The Kier molecular flexibility index (Phi) is 6.95. The van der Waals surface area contributed by atoms with Crippen LogP contribution in [0.4, 0.5) is 16.2 Å². The molecule has 4 rings (SSSR count). The maximum Gasteiger partial charge on any atom is 0.322 e. The van der Waals surface area contributed by atoms with E-state index in [0.29, 0.717) is 39.4 Å². The van der Waals surface area contributed by atoms with Crippen LogP contribution >= 0.6 is 22.9 Å². The van der Waals surface area contributed by atoms with Crippen LogP contribution in [-0.4, -0.2) is 47.8 Å². The van der Waals surface area contributed by atoms with E-state index in [-0.39, 0.29) is 23.0 Å². The van der Waals surface area contributed by atoms with Crippen LogP contribution in [0.3, 0.4) is 0 Å². The third kappa shape index (κ3) is 5.18. The van der Waals surface area contributed by atoms with Gasteiger partial charge in [0.1, 0.15) is 16.5 Å². The van der Waals surface area contributed by atoms with Crippen LogP contribution in [0.5, 0.6) is 11.5 Å². The lowest BCUT2D eigenvalue weighted by Gasteiger charge is -2.23. The molecular weight excluding hydrogens is 466 g/mol. The van der Waals surface area contributed by atoms with E-state index in [4.69, 9.17) is 21.1 Å². The highest BCUT2D eigenvalue weighted by Crippen LogP contribution is 2.35. The first-order valence-corrected chi connectivity index (χ1v) is 11.4. The highest BCUT2D eigenvalue weighted by molar-refractivity contribution is 7.13. The van der Waals surface area contributed by atoms with E-state index in [9.17, 15) is 9.59 Å². The fourth-order valence-corrected chi connectivity index (χ4v) is 4.65. The van der Waals surface area contributed by atoms with Gasteiger partial charge in [0.2, 0.25) is 5.01 Å². The standard InChI is InChI=1S/C22H22ClN5O4S/c1-31-15-8-9-18(32-2)16(12-15)25-22(30)28-10-4-7-17(28)20-26-27-21(33-20)19(29)24-14-6-3-5-13(23)11-14/h3,5-6,8-9,11-12,17H,4,7,10H2,1-2H3,(H,24,29)(H,25,30). The monoisotopic (exact) mass is 487 g/mol. The largest absolute Gasteiger partial charge is 0.497 e. The van der Waals surface area contributed by atoms with Crippen molar-refractivity contribution in [1.82, 2.24) is 15.1 Å². The summed E-state index contributed by atoms with van der Waals surface area (Å²) in [5, 5.41) is 15.2. The number of carbonyl (C=O) groups is 2. The third-order valence-electron chi connectivity index (χ3n) is 5.16. The number of nitrogens with zero attached hydrogens (tertiary/aromatic N) is 3. The number of rotatable bonds is 6. The molecule has 1 unspecified atom stereocenters. The Bertz CT molecular complexity index is 1170. The molecular formula is C22H22ClN5O4S. The second kappa shape index (κ2) is 10.1. The molecule has 1 fully saturated rings. The van der Waals surface area contributed by atoms with Crippen LogP contribution in [0, 0.1) is 0 Å². The summed E-state index contributed by atoms with van der Waals surface area (Å²) in [6.45, 7) is 0.562. The van der Waals surface area contributed by atoms with Gasteiger partial charge in [0.05, 0.1) is 25.9 Å². The summed E-state index contributed by atoms with van der Waals surface area (Å²) < 4.78 is 10.6. The molecule has 3 amide bonds. The number of likely N-dealkylation sites (tertiary alicyclic amines) is 1. The van der Waals surface area contributed by atoms with Gasteiger partial charge in [-0.1, -0.05) is 29.0 Å². The maximum atomic E-state index is 13.1. The van der Waals surface area contributed by atoms with E-state index >= 15 is 0 Å². The Balaban J connectivity index is 1.47. The van der Waals surface area contributed by atoms with E-state index in [0.717, 1.165) is 12.8 Å².